The lowest BCUT2D eigenvalue weighted by molar-refractivity contribution is -0.134. The average molecular weight is 397 g/mol. The van der Waals surface area contributed by atoms with Crippen LogP contribution in [0.15, 0.2) is 35.4 Å². The summed E-state index contributed by atoms with van der Waals surface area (Å²) in [6.07, 6.45) is 0.371. The second kappa shape index (κ2) is 8.72. The summed E-state index contributed by atoms with van der Waals surface area (Å²) in [6.45, 7) is 5.89. The lowest BCUT2D eigenvalue weighted by Gasteiger charge is -2.12. The summed E-state index contributed by atoms with van der Waals surface area (Å²) in [4.78, 5) is 35.7. The minimum Gasteiger partial charge on any atom is -0.494 e. The number of ether oxygens (including phenoxy) is 2. The van der Waals surface area contributed by atoms with E-state index in [4.69, 9.17) is 9.47 Å². The zero-order valence-electron chi connectivity index (χ0n) is 16.7. The first-order chi connectivity index (χ1) is 13.9. The van der Waals surface area contributed by atoms with Gasteiger partial charge in [0.15, 0.2) is 6.61 Å². The molecule has 1 aliphatic heterocycles. The number of nitrogens with one attached hydrogen (secondary N) is 1. The fourth-order valence-corrected chi connectivity index (χ4v) is 3.21. The van der Waals surface area contributed by atoms with Gasteiger partial charge < -0.3 is 14.0 Å². The van der Waals surface area contributed by atoms with E-state index < -0.39 is 5.97 Å². The molecular weight excluding hydrogens is 374 g/mol. The van der Waals surface area contributed by atoms with Crippen LogP contribution in [0.3, 0.4) is 0 Å². The number of rotatable bonds is 7. The third kappa shape index (κ3) is 4.53. The Bertz CT molecular complexity index is 973. The molecule has 0 spiro atoms. The van der Waals surface area contributed by atoms with Gasteiger partial charge in [0.25, 0.3) is 0 Å². The molecule has 0 bridgehead atoms. The van der Waals surface area contributed by atoms with Crippen LogP contribution in [0.5, 0.6) is 5.75 Å². The van der Waals surface area contributed by atoms with Crippen molar-refractivity contribution < 1.29 is 23.9 Å². The van der Waals surface area contributed by atoms with Crippen LogP contribution in [0.2, 0.25) is 0 Å². The number of benzene rings is 1. The summed E-state index contributed by atoms with van der Waals surface area (Å²) in [6, 6.07) is 9.39. The van der Waals surface area contributed by atoms with Gasteiger partial charge in [-0.2, -0.15) is 5.10 Å². The molecule has 0 aliphatic carbocycles. The van der Waals surface area contributed by atoms with Crippen LogP contribution in [-0.2, 0) is 14.3 Å². The summed E-state index contributed by atoms with van der Waals surface area (Å²) in [5.41, 5.74) is 5.39. The number of carbonyl (C=O) groups is 3. The van der Waals surface area contributed by atoms with Crippen molar-refractivity contribution in [1.29, 1.82) is 0 Å². The highest BCUT2D eigenvalue weighted by Gasteiger charge is 2.22. The predicted octanol–water partition coefficient (Wildman–Crippen LogP) is 2.48. The van der Waals surface area contributed by atoms with E-state index in [1.165, 1.54) is 0 Å². The molecular formula is C21H23N3O5. The van der Waals surface area contributed by atoms with Gasteiger partial charge in [-0.05, 0) is 51.1 Å². The Morgan fingerprint density at radius 3 is 2.52 bits per heavy atom. The number of aromatic nitrogens is 1. The predicted molar refractivity (Wildman–Crippen MR) is 107 cm³/mol. The van der Waals surface area contributed by atoms with Gasteiger partial charge in [-0.15, -0.1) is 0 Å². The quantitative estimate of drug-likeness (QED) is 0.572. The number of carbonyl (C=O) groups excluding carboxylic acids is 3. The molecule has 0 radical (unpaired) electrons. The van der Waals surface area contributed by atoms with Gasteiger partial charge in [0.2, 0.25) is 11.7 Å². The van der Waals surface area contributed by atoms with Crippen LogP contribution < -0.4 is 10.2 Å². The fraction of sp³-hybridized carbons (Fsp3) is 0.333. The SMILES string of the molecule is CCOc1ccc(-n2c(C)cc(C(=O)COC(=O)C3=NNC(=O)CC3)c2C)cc1. The molecule has 0 atom stereocenters. The monoisotopic (exact) mass is 397 g/mol. The second-order valence-corrected chi connectivity index (χ2v) is 6.64. The standard InChI is InChI=1S/C21H23N3O5/c1-4-28-16-7-5-15(6-8-16)24-13(2)11-17(14(24)3)19(25)12-29-21(27)18-9-10-20(26)23-22-18/h5-8,11H,4,9-10,12H2,1-3H3,(H,23,26). The van der Waals surface area contributed by atoms with E-state index in [0.29, 0.717) is 12.2 Å². The molecule has 8 heteroatoms. The van der Waals surface area contributed by atoms with E-state index in [-0.39, 0.29) is 36.9 Å². The van der Waals surface area contributed by atoms with E-state index in [0.717, 1.165) is 22.8 Å². The zero-order valence-corrected chi connectivity index (χ0v) is 16.7. The second-order valence-electron chi connectivity index (χ2n) is 6.64. The molecule has 1 amide bonds. The number of amides is 1. The molecule has 0 saturated heterocycles. The van der Waals surface area contributed by atoms with Gasteiger partial charge in [0, 0.05) is 35.5 Å². The van der Waals surface area contributed by atoms with Crippen molar-refractivity contribution in [2.75, 3.05) is 13.2 Å². The molecule has 1 aliphatic rings. The number of hydrogen-bond donors (Lipinski definition) is 1. The maximum absolute atomic E-state index is 12.6. The topological polar surface area (TPSA) is 99.0 Å². The molecule has 1 aromatic heterocycles. The largest absolute Gasteiger partial charge is 0.494 e. The van der Waals surface area contributed by atoms with Crippen LogP contribution in [0.25, 0.3) is 5.69 Å². The Kier molecular flexibility index (Phi) is 6.11. The van der Waals surface area contributed by atoms with Crippen molar-refractivity contribution in [3.63, 3.8) is 0 Å². The van der Waals surface area contributed by atoms with Gasteiger partial charge in [0.1, 0.15) is 11.5 Å². The molecule has 1 N–H and O–H groups in total. The summed E-state index contributed by atoms with van der Waals surface area (Å²) in [5.74, 6) is -0.467. The summed E-state index contributed by atoms with van der Waals surface area (Å²) in [7, 11) is 0. The van der Waals surface area contributed by atoms with Crippen LogP contribution in [0, 0.1) is 13.8 Å². The van der Waals surface area contributed by atoms with Gasteiger partial charge in [-0.3, -0.25) is 9.59 Å². The van der Waals surface area contributed by atoms with Gasteiger partial charge >= 0.3 is 5.97 Å². The highest BCUT2D eigenvalue weighted by atomic mass is 16.5. The minimum atomic E-state index is -0.696. The van der Waals surface area contributed by atoms with E-state index in [2.05, 4.69) is 10.5 Å². The third-order valence-electron chi connectivity index (χ3n) is 4.61. The van der Waals surface area contributed by atoms with Crippen molar-refractivity contribution in [2.24, 2.45) is 5.10 Å². The normalized spacial score (nSPS) is 13.5. The van der Waals surface area contributed by atoms with Crippen LogP contribution in [-0.4, -0.2) is 41.2 Å². The average Bonchev–Trinajstić information content (AvgIpc) is 3.01. The highest BCUT2D eigenvalue weighted by molar-refractivity contribution is 6.37. The molecule has 1 aromatic carbocycles. The number of hydrazone groups is 1. The molecule has 3 rings (SSSR count). The molecule has 152 valence electrons. The number of ketones is 1. The van der Waals surface area contributed by atoms with Gasteiger partial charge in [-0.1, -0.05) is 0 Å². The number of esters is 1. The smallest absolute Gasteiger partial charge is 0.354 e. The molecule has 0 saturated carbocycles. The summed E-state index contributed by atoms with van der Waals surface area (Å²) < 4.78 is 12.5. The van der Waals surface area contributed by atoms with Crippen molar-refractivity contribution in [3.05, 3.63) is 47.3 Å². The van der Waals surface area contributed by atoms with Gasteiger partial charge in [-0.25, -0.2) is 10.2 Å². The van der Waals surface area contributed by atoms with Crippen molar-refractivity contribution in [3.8, 4) is 11.4 Å². The lowest BCUT2D eigenvalue weighted by Crippen LogP contribution is -2.31. The maximum atomic E-state index is 12.6. The van der Waals surface area contributed by atoms with E-state index in [1.807, 2.05) is 49.6 Å². The number of nitrogens with zero attached hydrogens (tertiary/aromatic N) is 2. The molecule has 0 fully saturated rings. The van der Waals surface area contributed by atoms with Crippen molar-refractivity contribution >= 4 is 23.4 Å². The minimum absolute atomic E-state index is 0.109. The molecule has 0 unspecified atom stereocenters. The Labute approximate surface area is 168 Å². The third-order valence-corrected chi connectivity index (χ3v) is 4.61. The van der Waals surface area contributed by atoms with Crippen LogP contribution in [0.1, 0.15) is 41.5 Å². The Hall–Kier alpha value is -3.42. The van der Waals surface area contributed by atoms with E-state index in [1.54, 1.807) is 6.07 Å². The Balaban J connectivity index is 1.71. The zero-order chi connectivity index (χ0) is 21.0. The van der Waals surface area contributed by atoms with Crippen LogP contribution >= 0.6 is 0 Å². The Morgan fingerprint density at radius 2 is 1.90 bits per heavy atom. The Morgan fingerprint density at radius 1 is 1.17 bits per heavy atom. The molecule has 8 nitrogen and oxygen atoms in total. The molecule has 29 heavy (non-hydrogen) atoms. The summed E-state index contributed by atoms with van der Waals surface area (Å²) >= 11 is 0. The first-order valence-electron chi connectivity index (χ1n) is 9.38. The van der Waals surface area contributed by atoms with Crippen LogP contribution in [0.4, 0.5) is 0 Å². The maximum Gasteiger partial charge on any atom is 0.354 e. The number of Topliss-reactive ketones (excluding diaryl/α,β-unsaturated/α-hetero) is 1. The number of hydrogen-bond acceptors (Lipinski definition) is 6. The highest BCUT2D eigenvalue weighted by Crippen LogP contribution is 2.23. The van der Waals surface area contributed by atoms with Crippen molar-refractivity contribution in [1.82, 2.24) is 9.99 Å². The first-order valence-corrected chi connectivity index (χ1v) is 9.38. The van der Waals surface area contributed by atoms with Crippen molar-refractivity contribution in [2.45, 2.75) is 33.6 Å². The fourth-order valence-electron chi connectivity index (χ4n) is 3.21. The first kappa shape index (κ1) is 20.3. The molecule has 2 aromatic rings. The van der Waals surface area contributed by atoms with Gasteiger partial charge in [0.05, 0.1) is 6.61 Å². The summed E-state index contributed by atoms with van der Waals surface area (Å²) in [5, 5.41) is 3.67. The van der Waals surface area contributed by atoms with E-state index in [9.17, 15) is 14.4 Å². The van der Waals surface area contributed by atoms with E-state index >= 15 is 0 Å². The lowest BCUT2D eigenvalue weighted by atomic mass is 10.1. The molecule has 2 heterocycles. The number of aryl methyl sites for hydroxylation is 1.